The Morgan fingerprint density at radius 2 is 2.12 bits per heavy atom. The van der Waals surface area contributed by atoms with Crippen molar-refractivity contribution in [3.63, 3.8) is 0 Å². The zero-order valence-corrected chi connectivity index (χ0v) is 9.89. The van der Waals surface area contributed by atoms with Crippen LogP contribution in [0.2, 0.25) is 0 Å². The van der Waals surface area contributed by atoms with E-state index >= 15 is 0 Å². The fourth-order valence-corrected chi connectivity index (χ4v) is 2.20. The zero-order valence-electron chi connectivity index (χ0n) is 9.89. The van der Waals surface area contributed by atoms with E-state index in [1.165, 1.54) is 12.8 Å². The summed E-state index contributed by atoms with van der Waals surface area (Å²) in [6.45, 7) is 0. The van der Waals surface area contributed by atoms with E-state index in [4.69, 9.17) is 4.52 Å². The molecule has 0 aromatic carbocycles. The summed E-state index contributed by atoms with van der Waals surface area (Å²) in [6, 6.07) is 0. The Balaban J connectivity index is 1.92. The standard InChI is InChI=1S/C11H19N3O2/c1-14(2)11-12-10(16-13-11)7-9(15)8-5-3-4-6-8/h8-9,15H,3-7H2,1-2H3. The van der Waals surface area contributed by atoms with Crippen molar-refractivity contribution in [2.45, 2.75) is 38.2 Å². The van der Waals surface area contributed by atoms with Gasteiger partial charge in [0.25, 0.3) is 5.95 Å². The molecule has 5 heteroatoms. The van der Waals surface area contributed by atoms with Crippen molar-refractivity contribution in [3.8, 4) is 0 Å². The number of aliphatic hydroxyl groups excluding tert-OH is 1. The molecule has 0 saturated heterocycles. The lowest BCUT2D eigenvalue weighted by atomic mass is 9.98. The van der Waals surface area contributed by atoms with Crippen molar-refractivity contribution >= 4 is 5.95 Å². The van der Waals surface area contributed by atoms with Crippen LogP contribution in [-0.2, 0) is 6.42 Å². The minimum atomic E-state index is -0.335. The molecule has 1 aromatic heterocycles. The van der Waals surface area contributed by atoms with Gasteiger partial charge in [-0.3, -0.25) is 0 Å². The maximum atomic E-state index is 10.0. The Kier molecular flexibility index (Phi) is 3.43. The highest BCUT2D eigenvalue weighted by molar-refractivity contribution is 5.23. The molecule has 90 valence electrons. The van der Waals surface area contributed by atoms with Gasteiger partial charge in [-0.2, -0.15) is 4.98 Å². The molecule has 1 N–H and O–H groups in total. The van der Waals surface area contributed by atoms with E-state index in [2.05, 4.69) is 10.1 Å². The number of rotatable bonds is 4. The molecular weight excluding hydrogens is 206 g/mol. The average Bonchev–Trinajstić information content (AvgIpc) is 2.87. The molecule has 1 atom stereocenters. The van der Waals surface area contributed by atoms with E-state index in [1.54, 1.807) is 4.90 Å². The van der Waals surface area contributed by atoms with Gasteiger partial charge in [0.1, 0.15) is 0 Å². The van der Waals surface area contributed by atoms with Gasteiger partial charge in [-0.25, -0.2) is 0 Å². The largest absolute Gasteiger partial charge is 0.392 e. The molecule has 1 unspecified atom stereocenters. The van der Waals surface area contributed by atoms with E-state index in [1.807, 2.05) is 14.1 Å². The van der Waals surface area contributed by atoms with Crippen LogP contribution in [0.5, 0.6) is 0 Å². The molecule has 0 aliphatic heterocycles. The summed E-state index contributed by atoms with van der Waals surface area (Å²) in [4.78, 5) is 6.00. The summed E-state index contributed by atoms with van der Waals surface area (Å²) in [5.41, 5.74) is 0. The second-order valence-corrected chi connectivity index (χ2v) is 4.70. The number of aliphatic hydroxyl groups is 1. The number of anilines is 1. The van der Waals surface area contributed by atoms with Crippen LogP contribution >= 0.6 is 0 Å². The van der Waals surface area contributed by atoms with Crippen LogP contribution in [0.3, 0.4) is 0 Å². The molecule has 1 fully saturated rings. The summed E-state index contributed by atoms with van der Waals surface area (Å²) in [5, 5.41) is 13.8. The van der Waals surface area contributed by atoms with Crippen molar-refractivity contribution in [1.29, 1.82) is 0 Å². The third-order valence-electron chi connectivity index (χ3n) is 3.19. The van der Waals surface area contributed by atoms with Crippen LogP contribution in [0.15, 0.2) is 4.52 Å². The molecule has 1 heterocycles. The second-order valence-electron chi connectivity index (χ2n) is 4.70. The molecule has 1 aromatic rings. The minimum absolute atomic E-state index is 0.335. The fraction of sp³-hybridized carbons (Fsp3) is 0.818. The maximum Gasteiger partial charge on any atom is 0.265 e. The van der Waals surface area contributed by atoms with E-state index < -0.39 is 0 Å². The predicted octanol–water partition coefficient (Wildman–Crippen LogP) is 1.23. The molecule has 1 aliphatic carbocycles. The van der Waals surface area contributed by atoms with Crippen molar-refractivity contribution in [2.75, 3.05) is 19.0 Å². The molecule has 16 heavy (non-hydrogen) atoms. The van der Waals surface area contributed by atoms with Gasteiger partial charge in [0.05, 0.1) is 12.5 Å². The van der Waals surface area contributed by atoms with Gasteiger partial charge in [0.2, 0.25) is 5.89 Å². The first-order valence-electron chi connectivity index (χ1n) is 5.85. The summed E-state index contributed by atoms with van der Waals surface area (Å²) in [7, 11) is 3.73. The van der Waals surface area contributed by atoms with Gasteiger partial charge in [0.15, 0.2) is 0 Å². The predicted molar refractivity (Wildman–Crippen MR) is 60.3 cm³/mol. The van der Waals surface area contributed by atoms with Gasteiger partial charge in [-0.15, -0.1) is 0 Å². The smallest absolute Gasteiger partial charge is 0.265 e. The first-order chi connectivity index (χ1) is 7.66. The highest BCUT2D eigenvalue weighted by Crippen LogP contribution is 2.29. The summed E-state index contributed by atoms with van der Waals surface area (Å²) < 4.78 is 5.09. The molecule has 0 radical (unpaired) electrons. The number of aromatic nitrogens is 2. The topological polar surface area (TPSA) is 62.4 Å². The van der Waals surface area contributed by atoms with E-state index in [0.717, 1.165) is 12.8 Å². The number of nitrogens with zero attached hydrogens (tertiary/aromatic N) is 3. The summed E-state index contributed by atoms with van der Waals surface area (Å²) in [6.07, 6.45) is 4.85. The first-order valence-corrected chi connectivity index (χ1v) is 5.85. The Bertz CT molecular complexity index is 332. The Morgan fingerprint density at radius 1 is 1.44 bits per heavy atom. The van der Waals surface area contributed by atoms with Crippen LogP contribution in [-0.4, -0.2) is 35.4 Å². The lowest BCUT2D eigenvalue weighted by molar-refractivity contribution is 0.102. The Labute approximate surface area is 95.4 Å². The molecule has 5 nitrogen and oxygen atoms in total. The molecule has 0 amide bonds. The molecule has 0 bridgehead atoms. The van der Waals surface area contributed by atoms with Gasteiger partial charge in [-0.05, 0) is 23.9 Å². The van der Waals surface area contributed by atoms with Gasteiger partial charge >= 0.3 is 0 Å². The molecule has 0 spiro atoms. The van der Waals surface area contributed by atoms with Crippen LogP contribution in [0.25, 0.3) is 0 Å². The van der Waals surface area contributed by atoms with Gasteiger partial charge in [0, 0.05) is 14.1 Å². The molecule has 2 rings (SSSR count). The van der Waals surface area contributed by atoms with E-state index in [9.17, 15) is 5.11 Å². The third-order valence-corrected chi connectivity index (χ3v) is 3.19. The second kappa shape index (κ2) is 4.82. The van der Waals surface area contributed by atoms with Crippen molar-refractivity contribution in [3.05, 3.63) is 5.89 Å². The average molecular weight is 225 g/mol. The van der Waals surface area contributed by atoms with Crippen LogP contribution in [0.1, 0.15) is 31.6 Å². The molecular formula is C11H19N3O2. The highest BCUT2D eigenvalue weighted by Gasteiger charge is 2.25. The summed E-state index contributed by atoms with van der Waals surface area (Å²) in [5.74, 6) is 1.51. The van der Waals surface area contributed by atoms with Crippen molar-refractivity contribution in [1.82, 2.24) is 10.1 Å². The van der Waals surface area contributed by atoms with Crippen LogP contribution in [0.4, 0.5) is 5.95 Å². The first kappa shape index (κ1) is 11.4. The van der Waals surface area contributed by atoms with E-state index in [0.29, 0.717) is 24.2 Å². The fourth-order valence-electron chi connectivity index (χ4n) is 2.20. The lowest BCUT2D eigenvalue weighted by Crippen LogP contribution is -2.20. The molecule has 1 saturated carbocycles. The number of hydrogen-bond donors (Lipinski definition) is 1. The monoisotopic (exact) mass is 225 g/mol. The zero-order chi connectivity index (χ0) is 11.5. The minimum Gasteiger partial charge on any atom is -0.392 e. The molecule has 1 aliphatic rings. The lowest BCUT2D eigenvalue weighted by Gasteiger charge is -2.14. The van der Waals surface area contributed by atoms with Gasteiger partial charge in [-0.1, -0.05) is 12.8 Å². The highest BCUT2D eigenvalue weighted by atomic mass is 16.5. The number of hydrogen-bond acceptors (Lipinski definition) is 5. The Morgan fingerprint density at radius 3 is 2.69 bits per heavy atom. The summed E-state index contributed by atoms with van der Waals surface area (Å²) >= 11 is 0. The van der Waals surface area contributed by atoms with Crippen molar-refractivity contribution in [2.24, 2.45) is 5.92 Å². The van der Waals surface area contributed by atoms with E-state index in [-0.39, 0.29) is 6.10 Å². The third kappa shape index (κ3) is 2.52. The maximum absolute atomic E-state index is 10.0. The SMILES string of the molecule is CN(C)c1noc(CC(O)C2CCCC2)n1. The normalized spacial score (nSPS) is 18.9. The van der Waals surface area contributed by atoms with Crippen LogP contribution in [0, 0.1) is 5.92 Å². The van der Waals surface area contributed by atoms with Crippen LogP contribution < -0.4 is 4.90 Å². The van der Waals surface area contributed by atoms with Crippen molar-refractivity contribution < 1.29 is 9.63 Å². The van der Waals surface area contributed by atoms with Gasteiger partial charge < -0.3 is 14.5 Å². The Hall–Kier alpha value is -1.10. The quantitative estimate of drug-likeness (QED) is 0.835.